The van der Waals surface area contributed by atoms with Crippen LogP contribution < -0.4 is 3.71 Å². The maximum atomic E-state index is 9.18. The Labute approximate surface area is 111 Å². The van der Waals surface area contributed by atoms with Crippen molar-refractivity contribution in [1.29, 1.82) is 5.26 Å². The van der Waals surface area contributed by atoms with Gasteiger partial charge < -0.3 is 0 Å². The zero-order valence-electron chi connectivity index (χ0n) is 11.2. The quantitative estimate of drug-likeness (QED) is 0.738. The predicted octanol–water partition coefficient (Wildman–Crippen LogP) is 2.16. The van der Waals surface area contributed by atoms with Gasteiger partial charge in [-0.3, -0.25) is 0 Å². The van der Waals surface area contributed by atoms with Crippen molar-refractivity contribution in [2.75, 3.05) is 0 Å². The van der Waals surface area contributed by atoms with E-state index in [9.17, 15) is 5.26 Å². The van der Waals surface area contributed by atoms with Gasteiger partial charge in [-0.05, 0) is 0 Å². The molecule has 1 aromatic rings. The Morgan fingerprint density at radius 3 is 2.65 bits per heavy atom. The van der Waals surface area contributed by atoms with E-state index in [0.29, 0.717) is 5.41 Å². The first-order valence-electron chi connectivity index (χ1n) is 6.35. The van der Waals surface area contributed by atoms with E-state index >= 15 is 0 Å². The molecule has 0 saturated heterocycles. The molecular weight excluding hydrogens is 315 g/mol. The summed E-state index contributed by atoms with van der Waals surface area (Å²) in [5.74, 6) is 0. The molecule has 0 bridgehead atoms. The van der Waals surface area contributed by atoms with Crippen molar-refractivity contribution in [1.82, 2.24) is 4.98 Å². The van der Waals surface area contributed by atoms with Crippen LogP contribution in [0.1, 0.15) is 37.0 Å². The van der Waals surface area contributed by atoms with Crippen LogP contribution in [0.4, 0.5) is 0 Å². The molecule has 0 N–H and O–H groups in total. The first-order valence-corrected chi connectivity index (χ1v) is 14.6. The molecule has 3 heteroatoms. The van der Waals surface area contributed by atoms with Gasteiger partial charge >= 0.3 is 111 Å². The normalized spacial score (nSPS) is 17.6. The summed E-state index contributed by atoms with van der Waals surface area (Å²) in [6.07, 6.45) is 5.16. The second-order valence-corrected chi connectivity index (χ2v) is 14.3. The molecule has 0 atom stereocenters. The van der Waals surface area contributed by atoms with Crippen LogP contribution in [0.5, 0.6) is 0 Å². The Balaban J connectivity index is 2.59. The molecule has 90 valence electrons. The summed E-state index contributed by atoms with van der Waals surface area (Å²) in [6.45, 7) is 4.66. The van der Waals surface area contributed by atoms with Crippen LogP contribution >= 0.6 is 0 Å². The van der Waals surface area contributed by atoms with Gasteiger partial charge in [0, 0.05) is 0 Å². The van der Waals surface area contributed by atoms with E-state index in [4.69, 9.17) is 0 Å². The fourth-order valence-corrected chi connectivity index (χ4v) is 6.56. The molecule has 0 aromatic carbocycles. The second kappa shape index (κ2) is 4.60. The zero-order valence-corrected chi connectivity index (χ0v) is 14.5. The van der Waals surface area contributed by atoms with Gasteiger partial charge in [0.1, 0.15) is 0 Å². The fraction of sp³-hybridized carbons (Fsp3) is 0.571. The summed E-state index contributed by atoms with van der Waals surface area (Å²) in [5, 5.41) is 9.18. The molecule has 0 fully saturated rings. The molecule has 0 radical (unpaired) electrons. The van der Waals surface area contributed by atoms with Crippen LogP contribution in [0.15, 0.2) is 6.20 Å². The third-order valence-electron chi connectivity index (χ3n) is 3.71. The molecule has 1 aliphatic carbocycles. The van der Waals surface area contributed by atoms with Gasteiger partial charge in [-0.2, -0.15) is 0 Å². The van der Waals surface area contributed by atoms with Crippen molar-refractivity contribution in [2.45, 2.75) is 43.0 Å². The van der Waals surface area contributed by atoms with E-state index in [1.54, 1.807) is 0 Å². The van der Waals surface area contributed by atoms with Crippen molar-refractivity contribution in [2.24, 2.45) is 5.41 Å². The third-order valence-corrected chi connectivity index (χ3v) is 8.25. The molecule has 1 aromatic heterocycles. The standard InChI is InChI=1S/C12H13N2.2CH3.Sn.H/c1-12(2)4-3-11-9(5-12)7-14-8-10(11)6-13;;;;/h8H,3-5H2,1-2H3;2*1H3;;. The number of rotatable bonds is 1. The average molecular weight is 335 g/mol. The maximum absolute atomic E-state index is 9.18. The van der Waals surface area contributed by atoms with Crippen molar-refractivity contribution >= 4 is 23.5 Å². The first kappa shape index (κ1) is 12.9. The van der Waals surface area contributed by atoms with Crippen molar-refractivity contribution in [3.05, 3.63) is 22.9 Å². The molecule has 0 saturated carbocycles. The van der Waals surface area contributed by atoms with Crippen molar-refractivity contribution in [3.8, 4) is 6.07 Å². The van der Waals surface area contributed by atoms with Crippen LogP contribution in [0, 0.1) is 16.7 Å². The molecule has 0 unspecified atom stereocenters. The Kier molecular flexibility index (Phi) is 3.49. The van der Waals surface area contributed by atoms with Gasteiger partial charge in [0.2, 0.25) is 0 Å². The van der Waals surface area contributed by atoms with E-state index in [1.807, 2.05) is 6.20 Å². The van der Waals surface area contributed by atoms with Gasteiger partial charge in [-0.1, -0.05) is 0 Å². The number of hydrogen-bond donors (Lipinski definition) is 0. The van der Waals surface area contributed by atoms with Crippen LogP contribution in [-0.2, 0) is 12.8 Å². The van der Waals surface area contributed by atoms with Gasteiger partial charge in [-0.15, -0.1) is 0 Å². The van der Waals surface area contributed by atoms with E-state index in [2.05, 4.69) is 34.8 Å². The molecule has 2 rings (SSSR count). The number of nitrogens with zero attached hydrogens (tertiary/aromatic N) is 2. The first-order chi connectivity index (χ1) is 7.94. The van der Waals surface area contributed by atoms with Gasteiger partial charge in [0.25, 0.3) is 0 Å². The number of nitriles is 1. The average Bonchev–Trinajstić information content (AvgIpc) is 2.25. The number of aromatic nitrogens is 1. The van der Waals surface area contributed by atoms with Crippen molar-refractivity contribution < 1.29 is 0 Å². The van der Waals surface area contributed by atoms with E-state index in [0.717, 1.165) is 18.4 Å². The van der Waals surface area contributed by atoms with E-state index < -0.39 is 19.8 Å². The molecular formula is C14H20N2Sn. The number of fused-ring (bicyclic) bond motifs is 1. The van der Waals surface area contributed by atoms with Crippen LogP contribution in [0.25, 0.3) is 0 Å². The molecule has 0 spiro atoms. The molecule has 1 heterocycles. The molecule has 2 nitrogen and oxygen atoms in total. The third kappa shape index (κ3) is 2.49. The number of hydrogen-bond acceptors (Lipinski definition) is 2. The fourth-order valence-electron chi connectivity index (χ4n) is 2.71. The second-order valence-electron chi connectivity index (χ2n) is 6.12. The SMILES string of the molecule is [CH3][SnH]([CH3])[c]1ncc(C#N)c2c1CC(C)(C)CC2. The summed E-state index contributed by atoms with van der Waals surface area (Å²) in [7, 11) is 0. The molecule has 0 amide bonds. The summed E-state index contributed by atoms with van der Waals surface area (Å²) in [5.41, 5.74) is 3.93. The Morgan fingerprint density at radius 2 is 2.06 bits per heavy atom. The summed E-state index contributed by atoms with van der Waals surface area (Å²) in [4.78, 5) is 9.37. The minimum absolute atomic E-state index is 0.373. The summed E-state index contributed by atoms with van der Waals surface area (Å²) >= 11 is -1.59. The van der Waals surface area contributed by atoms with Crippen molar-refractivity contribution in [3.63, 3.8) is 0 Å². The molecule has 17 heavy (non-hydrogen) atoms. The summed E-state index contributed by atoms with van der Waals surface area (Å²) in [6, 6.07) is 2.31. The summed E-state index contributed by atoms with van der Waals surface area (Å²) < 4.78 is 1.40. The predicted molar refractivity (Wildman–Crippen MR) is 73.3 cm³/mol. The van der Waals surface area contributed by atoms with Crippen LogP contribution in [0.2, 0.25) is 9.88 Å². The Bertz CT molecular complexity index is 484. The van der Waals surface area contributed by atoms with E-state index in [1.165, 1.54) is 21.3 Å². The number of pyridine rings is 1. The van der Waals surface area contributed by atoms with Gasteiger partial charge in [0.05, 0.1) is 0 Å². The minimum atomic E-state index is -1.59. The monoisotopic (exact) mass is 336 g/mol. The Hall–Kier alpha value is -0.561. The topological polar surface area (TPSA) is 36.7 Å². The molecule has 1 aliphatic rings. The van der Waals surface area contributed by atoms with Crippen LogP contribution in [-0.4, -0.2) is 24.7 Å². The Morgan fingerprint density at radius 1 is 1.35 bits per heavy atom. The van der Waals surface area contributed by atoms with E-state index in [-0.39, 0.29) is 0 Å². The van der Waals surface area contributed by atoms with Gasteiger partial charge in [0.15, 0.2) is 0 Å². The van der Waals surface area contributed by atoms with Gasteiger partial charge in [-0.25, -0.2) is 0 Å². The zero-order chi connectivity index (χ0) is 12.6. The van der Waals surface area contributed by atoms with Crippen LogP contribution in [0.3, 0.4) is 0 Å². The molecule has 0 aliphatic heterocycles.